The van der Waals surface area contributed by atoms with Crippen molar-refractivity contribution >= 4 is 32.0 Å². The van der Waals surface area contributed by atoms with E-state index in [0.717, 1.165) is 19.2 Å². The summed E-state index contributed by atoms with van der Waals surface area (Å²) in [4.78, 5) is 23.0. The molecular formula is C16H22N6O6S2. The summed E-state index contributed by atoms with van der Waals surface area (Å²) < 4.78 is 58.7. The van der Waals surface area contributed by atoms with Crippen LogP contribution in [0.3, 0.4) is 0 Å². The Balaban J connectivity index is 2.40. The van der Waals surface area contributed by atoms with E-state index in [4.69, 9.17) is 4.74 Å². The van der Waals surface area contributed by atoms with Gasteiger partial charge in [0, 0.05) is 13.1 Å². The number of sulfonamides is 2. The summed E-state index contributed by atoms with van der Waals surface area (Å²) in [5, 5.41) is 2.22. The van der Waals surface area contributed by atoms with Crippen molar-refractivity contribution in [3.05, 3.63) is 30.1 Å². The SMILES string of the molecule is COc1nc(C)nc(NC(=O)N(C)S(=O)(=O)c2ccccc2S(=O)(=O)NC(C)C)n1. The molecule has 0 aliphatic carbocycles. The van der Waals surface area contributed by atoms with Gasteiger partial charge in [-0.15, -0.1) is 0 Å². The fourth-order valence-electron chi connectivity index (χ4n) is 2.29. The van der Waals surface area contributed by atoms with Crippen molar-refractivity contribution in [3.63, 3.8) is 0 Å². The molecule has 0 aliphatic rings. The number of methoxy groups -OCH3 is 1. The van der Waals surface area contributed by atoms with Crippen LogP contribution in [-0.2, 0) is 20.0 Å². The number of benzene rings is 1. The van der Waals surface area contributed by atoms with Crippen molar-refractivity contribution in [2.24, 2.45) is 0 Å². The number of carbonyl (C=O) groups is 1. The highest BCUT2D eigenvalue weighted by Gasteiger charge is 2.32. The van der Waals surface area contributed by atoms with Crippen LogP contribution < -0.4 is 14.8 Å². The zero-order valence-electron chi connectivity index (χ0n) is 16.9. The first kappa shape index (κ1) is 23.4. The lowest BCUT2D eigenvalue weighted by Gasteiger charge is -2.20. The molecule has 1 aromatic heterocycles. The largest absolute Gasteiger partial charge is 0.467 e. The van der Waals surface area contributed by atoms with Gasteiger partial charge < -0.3 is 4.74 Å². The molecule has 2 amide bonds. The lowest BCUT2D eigenvalue weighted by molar-refractivity contribution is 0.240. The van der Waals surface area contributed by atoms with E-state index in [-0.39, 0.29) is 17.8 Å². The van der Waals surface area contributed by atoms with Gasteiger partial charge in [0.25, 0.3) is 10.0 Å². The molecule has 0 aliphatic heterocycles. The number of hydrogen-bond donors (Lipinski definition) is 2. The maximum absolute atomic E-state index is 13.0. The van der Waals surface area contributed by atoms with E-state index in [1.807, 2.05) is 0 Å². The predicted molar refractivity (Wildman–Crippen MR) is 107 cm³/mol. The first-order valence-corrected chi connectivity index (χ1v) is 11.5. The molecule has 0 fully saturated rings. The number of ether oxygens (including phenoxy) is 1. The highest BCUT2D eigenvalue weighted by Crippen LogP contribution is 2.24. The predicted octanol–water partition coefficient (Wildman–Crippen LogP) is 0.728. The summed E-state index contributed by atoms with van der Waals surface area (Å²) in [5.41, 5.74) is 0. The third-order valence-electron chi connectivity index (χ3n) is 3.58. The number of urea groups is 1. The van der Waals surface area contributed by atoms with Crippen LogP contribution in [0, 0.1) is 6.92 Å². The summed E-state index contributed by atoms with van der Waals surface area (Å²) in [6.45, 7) is 4.72. The number of hydrogen-bond acceptors (Lipinski definition) is 9. The van der Waals surface area contributed by atoms with Gasteiger partial charge in [-0.05, 0) is 32.9 Å². The van der Waals surface area contributed by atoms with Crippen molar-refractivity contribution in [1.29, 1.82) is 0 Å². The number of nitrogens with one attached hydrogen (secondary N) is 2. The third kappa shape index (κ3) is 5.20. The highest BCUT2D eigenvalue weighted by molar-refractivity contribution is 7.92. The minimum atomic E-state index is -4.53. The molecule has 12 nitrogen and oxygen atoms in total. The third-order valence-corrected chi connectivity index (χ3v) is 7.23. The van der Waals surface area contributed by atoms with Gasteiger partial charge >= 0.3 is 12.0 Å². The first-order valence-electron chi connectivity index (χ1n) is 8.56. The topological polar surface area (TPSA) is 161 Å². The molecular weight excluding hydrogens is 436 g/mol. The molecule has 2 rings (SSSR count). The molecule has 0 radical (unpaired) electrons. The summed E-state index contributed by atoms with van der Waals surface area (Å²) in [6, 6.07) is 3.34. The Morgan fingerprint density at radius 3 is 2.23 bits per heavy atom. The van der Waals surface area contributed by atoms with Gasteiger partial charge in [0.1, 0.15) is 15.6 Å². The van der Waals surface area contributed by atoms with Gasteiger partial charge in [0.15, 0.2) is 0 Å². The molecule has 30 heavy (non-hydrogen) atoms. The molecule has 1 heterocycles. The van der Waals surface area contributed by atoms with Crippen molar-refractivity contribution in [2.75, 3.05) is 19.5 Å². The van der Waals surface area contributed by atoms with E-state index in [0.29, 0.717) is 4.31 Å². The number of aromatic nitrogens is 3. The Kier molecular flexibility index (Phi) is 6.95. The lowest BCUT2D eigenvalue weighted by Crippen LogP contribution is -2.38. The van der Waals surface area contributed by atoms with Crippen molar-refractivity contribution < 1.29 is 26.4 Å². The number of amides is 2. The molecule has 0 spiro atoms. The fraction of sp³-hybridized carbons (Fsp3) is 0.375. The molecule has 0 atom stereocenters. The summed E-state index contributed by atoms with van der Waals surface area (Å²) in [5.74, 6) is 0.00707. The molecule has 0 saturated heterocycles. The number of rotatable bonds is 7. The van der Waals surface area contributed by atoms with Crippen LogP contribution in [0.25, 0.3) is 0 Å². The van der Waals surface area contributed by atoms with Gasteiger partial charge in [-0.3, -0.25) is 5.32 Å². The lowest BCUT2D eigenvalue weighted by atomic mass is 10.4. The van der Waals surface area contributed by atoms with Gasteiger partial charge in [0.05, 0.1) is 7.11 Å². The Labute approximate surface area is 174 Å². The number of anilines is 1. The van der Waals surface area contributed by atoms with E-state index < -0.39 is 41.9 Å². The summed E-state index contributed by atoms with van der Waals surface area (Å²) >= 11 is 0. The molecule has 0 unspecified atom stereocenters. The Morgan fingerprint density at radius 2 is 1.67 bits per heavy atom. The Hall–Kier alpha value is -2.84. The second-order valence-corrected chi connectivity index (χ2v) is 9.94. The van der Waals surface area contributed by atoms with Crippen LogP contribution in [0.4, 0.5) is 10.7 Å². The van der Waals surface area contributed by atoms with E-state index in [9.17, 15) is 21.6 Å². The van der Waals surface area contributed by atoms with Crippen LogP contribution in [0.5, 0.6) is 6.01 Å². The van der Waals surface area contributed by atoms with Crippen LogP contribution in [0.2, 0.25) is 0 Å². The van der Waals surface area contributed by atoms with Crippen LogP contribution in [0.1, 0.15) is 19.7 Å². The average Bonchev–Trinajstić information content (AvgIpc) is 2.65. The monoisotopic (exact) mass is 458 g/mol. The smallest absolute Gasteiger partial charge is 0.337 e. The minimum Gasteiger partial charge on any atom is -0.467 e. The summed E-state index contributed by atoms with van der Waals surface area (Å²) in [6.07, 6.45) is 0. The maximum Gasteiger partial charge on any atom is 0.337 e. The van der Waals surface area contributed by atoms with Crippen molar-refractivity contribution in [3.8, 4) is 6.01 Å². The minimum absolute atomic E-state index is 0.0699. The molecule has 164 valence electrons. The standard InChI is InChI=1S/C16H22N6O6S2/c1-10(2)21-29(24,25)12-8-6-7-9-13(12)30(26,27)22(4)16(23)20-14-17-11(3)18-15(19-14)28-5/h6-10,21H,1-5H3,(H,17,18,19,20,23). The zero-order chi connectivity index (χ0) is 22.7. The van der Waals surface area contributed by atoms with E-state index in [1.54, 1.807) is 13.8 Å². The number of aryl methyl sites for hydroxylation is 1. The van der Waals surface area contributed by atoms with Gasteiger partial charge in [-0.2, -0.15) is 15.0 Å². The quantitative estimate of drug-likeness (QED) is 0.609. The maximum atomic E-state index is 13.0. The van der Waals surface area contributed by atoms with Gasteiger partial charge in [-0.1, -0.05) is 12.1 Å². The fourth-order valence-corrected chi connectivity index (χ4v) is 5.41. The van der Waals surface area contributed by atoms with E-state index in [1.165, 1.54) is 26.2 Å². The van der Waals surface area contributed by atoms with Crippen LogP contribution in [0.15, 0.2) is 34.1 Å². The van der Waals surface area contributed by atoms with Crippen molar-refractivity contribution in [2.45, 2.75) is 36.6 Å². The molecule has 1 aromatic carbocycles. The number of carbonyl (C=O) groups excluding carboxylic acids is 1. The zero-order valence-corrected chi connectivity index (χ0v) is 18.6. The normalized spacial score (nSPS) is 11.9. The Morgan fingerprint density at radius 1 is 1.07 bits per heavy atom. The highest BCUT2D eigenvalue weighted by atomic mass is 32.2. The van der Waals surface area contributed by atoms with Crippen LogP contribution >= 0.6 is 0 Å². The molecule has 2 aromatic rings. The van der Waals surface area contributed by atoms with E-state index >= 15 is 0 Å². The second-order valence-electron chi connectivity index (χ2n) is 6.32. The molecule has 0 bridgehead atoms. The number of nitrogens with zero attached hydrogens (tertiary/aromatic N) is 4. The van der Waals surface area contributed by atoms with Crippen LogP contribution in [-0.4, -0.2) is 62.3 Å². The van der Waals surface area contributed by atoms with Gasteiger partial charge in [-0.25, -0.2) is 30.7 Å². The van der Waals surface area contributed by atoms with E-state index in [2.05, 4.69) is 25.0 Å². The van der Waals surface area contributed by atoms with Crippen molar-refractivity contribution in [1.82, 2.24) is 24.0 Å². The first-order chi connectivity index (χ1) is 13.9. The van der Waals surface area contributed by atoms with Gasteiger partial charge in [0.2, 0.25) is 16.0 Å². The molecule has 14 heteroatoms. The second kappa shape index (κ2) is 8.89. The Bertz CT molecular complexity index is 1150. The molecule has 0 saturated carbocycles. The molecule has 2 N–H and O–H groups in total. The summed E-state index contributed by atoms with van der Waals surface area (Å²) in [7, 11) is -6.38. The average molecular weight is 459 g/mol.